The molecular weight excluding hydrogens is 432 g/mol. The summed E-state index contributed by atoms with van der Waals surface area (Å²) in [6, 6.07) is 18.7. The van der Waals surface area contributed by atoms with Crippen LogP contribution in [0.1, 0.15) is 43.4 Å². The van der Waals surface area contributed by atoms with Crippen molar-refractivity contribution in [1.29, 1.82) is 5.26 Å². The Hall–Kier alpha value is -3.50. The summed E-state index contributed by atoms with van der Waals surface area (Å²) in [6.07, 6.45) is 7.98. The van der Waals surface area contributed by atoms with Gasteiger partial charge in [-0.3, -0.25) is 4.98 Å². The van der Waals surface area contributed by atoms with Crippen LogP contribution in [0.3, 0.4) is 0 Å². The van der Waals surface area contributed by atoms with Crippen LogP contribution in [0, 0.1) is 18.3 Å². The second kappa shape index (κ2) is 8.13. The third-order valence-electron chi connectivity index (χ3n) is 6.57. The average molecular weight is 457 g/mol. The summed E-state index contributed by atoms with van der Waals surface area (Å²) in [5.41, 5.74) is 3.09. The fourth-order valence-corrected chi connectivity index (χ4v) is 5.99. The SMILES string of the molecule is Cc1ccc(S(=O)(=O)n2ccc3c(-c4cccc(C5(C#N)CCCCC5)n4)ccnc32)cc1. The van der Waals surface area contributed by atoms with Crippen LogP contribution in [0.2, 0.25) is 0 Å². The number of aromatic nitrogens is 3. The Morgan fingerprint density at radius 1 is 1.00 bits per heavy atom. The second-order valence-electron chi connectivity index (χ2n) is 8.69. The fraction of sp³-hybridized carbons (Fsp3) is 0.269. The first-order chi connectivity index (χ1) is 15.9. The Kier molecular flexibility index (Phi) is 5.26. The zero-order valence-electron chi connectivity index (χ0n) is 18.4. The van der Waals surface area contributed by atoms with Crippen molar-refractivity contribution in [2.45, 2.75) is 49.3 Å². The van der Waals surface area contributed by atoms with Gasteiger partial charge in [0, 0.05) is 23.3 Å². The first kappa shape index (κ1) is 21.4. The lowest BCUT2D eigenvalue weighted by Gasteiger charge is -2.30. The molecule has 0 spiro atoms. The monoisotopic (exact) mass is 456 g/mol. The molecule has 1 aromatic carbocycles. The summed E-state index contributed by atoms with van der Waals surface area (Å²) >= 11 is 0. The number of hydrogen-bond donors (Lipinski definition) is 0. The molecule has 0 amide bonds. The maximum absolute atomic E-state index is 13.3. The van der Waals surface area contributed by atoms with Gasteiger partial charge in [-0.1, -0.05) is 43.0 Å². The molecule has 3 heterocycles. The number of benzene rings is 1. The maximum atomic E-state index is 13.3. The zero-order valence-corrected chi connectivity index (χ0v) is 19.2. The third kappa shape index (κ3) is 3.61. The molecule has 5 rings (SSSR count). The van der Waals surface area contributed by atoms with Crippen molar-refractivity contribution in [2.75, 3.05) is 0 Å². The molecule has 1 aliphatic rings. The predicted octanol–water partition coefficient (Wildman–Crippen LogP) is 5.37. The summed E-state index contributed by atoms with van der Waals surface area (Å²) in [7, 11) is -3.79. The molecule has 4 aromatic rings. The molecule has 0 unspecified atom stereocenters. The van der Waals surface area contributed by atoms with Gasteiger partial charge >= 0.3 is 0 Å². The molecule has 166 valence electrons. The van der Waals surface area contributed by atoms with E-state index in [0.717, 1.165) is 48.9 Å². The van der Waals surface area contributed by atoms with Crippen molar-refractivity contribution in [3.05, 3.63) is 78.2 Å². The van der Waals surface area contributed by atoms with Crippen LogP contribution in [0.15, 0.2) is 71.9 Å². The Labute approximate surface area is 193 Å². The summed E-state index contributed by atoms with van der Waals surface area (Å²) in [5.74, 6) is 0. The standard InChI is InChI=1S/C26H24N4O2S/c1-19-8-10-20(11-9-19)33(31,32)30-17-13-22-21(12-16-28-25(22)30)23-6-5-7-24(29-23)26(18-27)14-3-2-4-15-26/h5-13,16-17H,2-4,14-15H2,1H3. The van der Waals surface area contributed by atoms with E-state index in [0.29, 0.717) is 16.7 Å². The fourth-order valence-electron chi connectivity index (χ4n) is 4.69. The van der Waals surface area contributed by atoms with Crippen LogP contribution in [0.4, 0.5) is 0 Å². The van der Waals surface area contributed by atoms with E-state index < -0.39 is 15.4 Å². The highest BCUT2D eigenvalue weighted by Crippen LogP contribution is 2.39. The molecular formula is C26H24N4O2S. The number of nitrogens with zero attached hydrogens (tertiary/aromatic N) is 4. The van der Waals surface area contributed by atoms with Crippen LogP contribution in [0.25, 0.3) is 22.3 Å². The Balaban J connectivity index is 1.61. The van der Waals surface area contributed by atoms with Crippen molar-refractivity contribution in [1.82, 2.24) is 13.9 Å². The first-order valence-corrected chi connectivity index (χ1v) is 12.6. The molecule has 1 saturated carbocycles. The van der Waals surface area contributed by atoms with E-state index in [9.17, 15) is 13.7 Å². The quantitative estimate of drug-likeness (QED) is 0.412. The molecule has 7 heteroatoms. The molecule has 0 N–H and O–H groups in total. The van der Waals surface area contributed by atoms with Crippen LogP contribution in [-0.4, -0.2) is 22.4 Å². The second-order valence-corrected chi connectivity index (χ2v) is 10.5. The Morgan fingerprint density at radius 3 is 2.48 bits per heavy atom. The number of fused-ring (bicyclic) bond motifs is 1. The van der Waals surface area contributed by atoms with E-state index >= 15 is 0 Å². The number of rotatable bonds is 4. The van der Waals surface area contributed by atoms with Gasteiger partial charge in [0.2, 0.25) is 0 Å². The van der Waals surface area contributed by atoms with Gasteiger partial charge in [0.15, 0.2) is 5.65 Å². The van der Waals surface area contributed by atoms with Crippen molar-refractivity contribution in [3.8, 4) is 17.3 Å². The van der Waals surface area contributed by atoms with Gasteiger partial charge in [-0.05, 0) is 56.2 Å². The van der Waals surface area contributed by atoms with Crippen molar-refractivity contribution in [3.63, 3.8) is 0 Å². The first-order valence-electron chi connectivity index (χ1n) is 11.1. The normalized spacial score (nSPS) is 15.9. The highest BCUT2D eigenvalue weighted by Gasteiger charge is 2.35. The van der Waals surface area contributed by atoms with Crippen molar-refractivity contribution in [2.24, 2.45) is 0 Å². The molecule has 0 aliphatic heterocycles. The van der Waals surface area contributed by atoms with E-state index in [1.807, 2.05) is 31.2 Å². The molecule has 1 aliphatic carbocycles. The van der Waals surface area contributed by atoms with Crippen molar-refractivity contribution < 1.29 is 8.42 Å². The third-order valence-corrected chi connectivity index (χ3v) is 8.25. The summed E-state index contributed by atoms with van der Waals surface area (Å²) in [6.45, 7) is 1.92. The van der Waals surface area contributed by atoms with E-state index in [2.05, 4.69) is 11.1 Å². The molecule has 6 nitrogen and oxygen atoms in total. The summed E-state index contributed by atoms with van der Waals surface area (Å²) < 4.78 is 27.8. The van der Waals surface area contributed by atoms with E-state index in [1.165, 1.54) is 10.2 Å². The Bertz CT molecular complexity index is 1480. The molecule has 0 atom stereocenters. The minimum atomic E-state index is -3.79. The van der Waals surface area contributed by atoms with Gasteiger partial charge in [-0.15, -0.1) is 0 Å². The van der Waals surface area contributed by atoms with E-state index in [4.69, 9.17) is 4.98 Å². The minimum absolute atomic E-state index is 0.214. The largest absolute Gasteiger partial charge is 0.269 e. The maximum Gasteiger partial charge on any atom is 0.269 e. The van der Waals surface area contributed by atoms with Gasteiger partial charge in [0.25, 0.3) is 10.0 Å². The smallest absolute Gasteiger partial charge is 0.251 e. The number of hydrogen-bond acceptors (Lipinski definition) is 5. The van der Waals surface area contributed by atoms with Gasteiger partial charge < -0.3 is 0 Å². The highest BCUT2D eigenvalue weighted by atomic mass is 32.2. The summed E-state index contributed by atoms with van der Waals surface area (Å²) in [4.78, 5) is 9.49. The molecule has 33 heavy (non-hydrogen) atoms. The van der Waals surface area contributed by atoms with Crippen LogP contribution in [-0.2, 0) is 15.4 Å². The molecule has 3 aromatic heterocycles. The van der Waals surface area contributed by atoms with E-state index in [-0.39, 0.29) is 4.90 Å². The number of pyridine rings is 2. The average Bonchev–Trinajstić information content (AvgIpc) is 3.30. The number of aryl methyl sites for hydroxylation is 1. The Morgan fingerprint density at radius 2 is 1.76 bits per heavy atom. The lowest BCUT2D eigenvalue weighted by molar-refractivity contribution is 0.359. The minimum Gasteiger partial charge on any atom is -0.251 e. The van der Waals surface area contributed by atoms with Gasteiger partial charge in [0.1, 0.15) is 0 Å². The topological polar surface area (TPSA) is 88.6 Å². The molecule has 1 fully saturated rings. The molecule has 0 radical (unpaired) electrons. The van der Waals surface area contributed by atoms with Crippen molar-refractivity contribution >= 4 is 21.1 Å². The predicted molar refractivity (Wildman–Crippen MR) is 127 cm³/mol. The van der Waals surface area contributed by atoms with Gasteiger partial charge in [-0.25, -0.2) is 17.4 Å². The number of nitriles is 1. The van der Waals surface area contributed by atoms with Gasteiger partial charge in [0.05, 0.1) is 27.8 Å². The van der Waals surface area contributed by atoms with Crippen LogP contribution < -0.4 is 0 Å². The lowest BCUT2D eigenvalue weighted by atomic mass is 9.72. The van der Waals surface area contributed by atoms with Gasteiger partial charge in [-0.2, -0.15) is 5.26 Å². The van der Waals surface area contributed by atoms with E-state index in [1.54, 1.807) is 36.5 Å². The highest BCUT2D eigenvalue weighted by molar-refractivity contribution is 7.90. The van der Waals surface area contributed by atoms with Crippen LogP contribution in [0.5, 0.6) is 0 Å². The summed E-state index contributed by atoms with van der Waals surface area (Å²) in [5, 5.41) is 10.7. The van der Waals surface area contributed by atoms with Crippen LogP contribution >= 0.6 is 0 Å². The lowest BCUT2D eigenvalue weighted by Crippen LogP contribution is -2.28. The molecule has 0 saturated heterocycles. The molecule has 0 bridgehead atoms. The zero-order chi connectivity index (χ0) is 23.1.